The van der Waals surface area contributed by atoms with E-state index in [1.165, 1.54) is 9.80 Å². The molecule has 0 saturated carbocycles. The lowest BCUT2D eigenvalue weighted by Gasteiger charge is -2.39. The van der Waals surface area contributed by atoms with Crippen LogP contribution >= 0.6 is 0 Å². The summed E-state index contributed by atoms with van der Waals surface area (Å²) >= 11 is 0. The normalized spacial score (nSPS) is 26.1. The third-order valence-electron chi connectivity index (χ3n) is 9.56. The lowest BCUT2D eigenvalue weighted by Crippen LogP contribution is -2.61. The third-order valence-corrected chi connectivity index (χ3v) is 9.56. The van der Waals surface area contributed by atoms with Crippen molar-refractivity contribution in [3.63, 3.8) is 0 Å². The van der Waals surface area contributed by atoms with Crippen LogP contribution < -0.4 is 21.3 Å². The number of benzene rings is 1. The number of para-hydroxylation sites is 1. The Morgan fingerprint density at radius 2 is 1.31 bits per heavy atom. The molecule has 0 radical (unpaired) electrons. The Bertz CT molecular complexity index is 1350. The van der Waals surface area contributed by atoms with E-state index < -0.39 is 59.7 Å². The summed E-state index contributed by atoms with van der Waals surface area (Å²) in [4.78, 5) is 86.7. The monoisotopic (exact) mass is 668 g/mol. The van der Waals surface area contributed by atoms with Crippen molar-refractivity contribution in [3.05, 3.63) is 29.8 Å². The predicted octanol–water partition coefficient (Wildman–Crippen LogP) is 3.32. The molecular weight excluding hydrogens is 612 g/mol. The molecule has 0 bridgehead atoms. The Kier molecular flexibility index (Phi) is 13.6. The van der Waals surface area contributed by atoms with Gasteiger partial charge < -0.3 is 31.1 Å². The molecule has 48 heavy (non-hydrogen) atoms. The average molecular weight is 669 g/mol. The number of amides is 6. The van der Waals surface area contributed by atoms with Crippen LogP contribution in [0.5, 0.6) is 0 Å². The number of likely N-dealkylation sites (N-methyl/N-ethyl adjacent to an activating group) is 1. The van der Waals surface area contributed by atoms with Crippen LogP contribution in [0, 0.1) is 23.7 Å². The summed E-state index contributed by atoms with van der Waals surface area (Å²) in [5, 5.41) is 11.4. The van der Waals surface area contributed by atoms with Gasteiger partial charge in [-0.25, -0.2) is 0 Å². The highest BCUT2D eigenvalue weighted by Gasteiger charge is 2.40. The van der Waals surface area contributed by atoms with Crippen molar-refractivity contribution in [2.45, 2.75) is 118 Å². The fraction of sp³-hybridized carbons (Fsp3) is 0.667. The molecule has 1 aromatic carbocycles. The van der Waals surface area contributed by atoms with Gasteiger partial charge in [0.2, 0.25) is 29.5 Å². The van der Waals surface area contributed by atoms with E-state index >= 15 is 0 Å². The molecule has 6 amide bonds. The van der Waals surface area contributed by atoms with Gasteiger partial charge in [-0.3, -0.25) is 28.8 Å². The molecule has 12 nitrogen and oxygen atoms in total. The molecule has 1 saturated heterocycles. The van der Waals surface area contributed by atoms with Gasteiger partial charge in [-0.1, -0.05) is 73.9 Å². The van der Waals surface area contributed by atoms with Gasteiger partial charge in [0.1, 0.15) is 30.2 Å². The van der Waals surface area contributed by atoms with Gasteiger partial charge in [0, 0.05) is 13.6 Å². The lowest BCUT2D eigenvalue weighted by molar-refractivity contribution is -0.144. The third kappa shape index (κ3) is 9.14. The maximum atomic E-state index is 14.2. The number of hydrogen-bond acceptors (Lipinski definition) is 6. The van der Waals surface area contributed by atoms with Gasteiger partial charge in [-0.15, -0.1) is 0 Å². The molecule has 2 aliphatic heterocycles. The molecule has 1 aromatic rings. The van der Waals surface area contributed by atoms with E-state index in [-0.39, 0.29) is 40.8 Å². The number of nitrogens with zero attached hydrogens (tertiary/aromatic N) is 2. The second-order valence-corrected chi connectivity index (χ2v) is 14.5. The largest absolute Gasteiger partial charge is 0.342 e. The van der Waals surface area contributed by atoms with E-state index in [1.54, 1.807) is 59.0 Å². The smallest absolute Gasteiger partial charge is 0.256 e. The minimum absolute atomic E-state index is 0.0380. The van der Waals surface area contributed by atoms with Crippen LogP contribution in [0.4, 0.5) is 5.69 Å². The summed E-state index contributed by atoms with van der Waals surface area (Å²) in [5.74, 6) is -3.76. The van der Waals surface area contributed by atoms with Crippen molar-refractivity contribution >= 4 is 41.1 Å². The van der Waals surface area contributed by atoms with Crippen molar-refractivity contribution in [1.29, 1.82) is 0 Å². The molecule has 266 valence electrons. The molecule has 6 atom stereocenters. The van der Waals surface area contributed by atoms with Crippen LogP contribution in [0.2, 0.25) is 0 Å². The highest BCUT2D eigenvalue weighted by molar-refractivity contribution is 6.07. The molecule has 0 aromatic heterocycles. The Morgan fingerprint density at radius 1 is 0.750 bits per heavy atom. The van der Waals surface area contributed by atoms with E-state index in [1.807, 2.05) is 27.7 Å². The summed E-state index contributed by atoms with van der Waals surface area (Å²) in [6, 6.07) is 1.96. The van der Waals surface area contributed by atoms with Crippen LogP contribution in [0.25, 0.3) is 0 Å². The predicted molar refractivity (Wildman–Crippen MR) is 185 cm³/mol. The second kappa shape index (κ2) is 16.9. The summed E-state index contributed by atoms with van der Waals surface area (Å²) in [6.45, 7) is 15.2. The molecule has 12 heteroatoms. The minimum Gasteiger partial charge on any atom is -0.342 e. The SMILES string of the molecule is CC[C@H](C)C1NC(=O)[C@H](C(C)C)NC(=O)C(C(C)C)NC(=O)C(CC(C)C)N(C)C(=O)[C@@H]2CCCCN2C(=O)c2ccccc2NC1=O. The number of carbonyl (C=O) groups is 6. The van der Waals surface area contributed by atoms with Gasteiger partial charge >= 0.3 is 0 Å². The number of fused-ring (bicyclic) bond motifs is 2. The van der Waals surface area contributed by atoms with E-state index in [2.05, 4.69) is 21.3 Å². The summed E-state index contributed by atoms with van der Waals surface area (Å²) < 4.78 is 0. The topological polar surface area (TPSA) is 157 Å². The average Bonchev–Trinajstić information content (AvgIpc) is 3.05. The van der Waals surface area contributed by atoms with E-state index in [0.29, 0.717) is 32.2 Å². The number of hydrogen-bond donors (Lipinski definition) is 4. The molecule has 0 aliphatic carbocycles. The zero-order valence-corrected chi connectivity index (χ0v) is 30.1. The maximum Gasteiger partial charge on any atom is 0.256 e. The molecule has 4 N–H and O–H groups in total. The number of anilines is 1. The molecular formula is C36H56N6O6. The van der Waals surface area contributed by atoms with Crippen LogP contribution in [0.15, 0.2) is 24.3 Å². The number of nitrogens with one attached hydrogen (secondary N) is 4. The van der Waals surface area contributed by atoms with E-state index in [9.17, 15) is 28.8 Å². The molecule has 2 aliphatic rings. The molecule has 1 fully saturated rings. The molecule has 3 rings (SSSR count). The van der Waals surface area contributed by atoms with Crippen LogP contribution in [-0.4, -0.2) is 89.0 Å². The highest BCUT2D eigenvalue weighted by Crippen LogP contribution is 2.27. The van der Waals surface area contributed by atoms with Gasteiger partial charge in [0.15, 0.2) is 0 Å². The van der Waals surface area contributed by atoms with Crippen molar-refractivity contribution in [2.75, 3.05) is 18.9 Å². The molecule has 0 spiro atoms. The fourth-order valence-electron chi connectivity index (χ4n) is 6.36. The van der Waals surface area contributed by atoms with Crippen molar-refractivity contribution < 1.29 is 28.8 Å². The maximum absolute atomic E-state index is 14.2. The van der Waals surface area contributed by atoms with Crippen LogP contribution in [0.1, 0.15) is 97.9 Å². The molecule has 3 unspecified atom stereocenters. The Hall–Kier alpha value is -3.96. The quantitative estimate of drug-likeness (QED) is 0.365. The second-order valence-electron chi connectivity index (χ2n) is 14.5. The summed E-state index contributed by atoms with van der Waals surface area (Å²) in [7, 11) is 1.57. The first-order valence-corrected chi connectivity index (χ1v) is 17.5. The van der Waals surface area contributed by atoms with Gasteiger partial charge in [-0.2, -0.15) is 0 Å². The Labute approximate surface area is 285 Å². The summed E-state index contributed by atoms with van der Waals surface area (Å²) in [6.07, 6.45) is 2.77. The van der Waals surface area contributed by atoms with Crippen LogP contribution in [0.3, 0.4) is 0 Å². The first kappa shape index (κ1) is 38.5. The minimum atomic E-state index is -1.00. The lowest BCUT2D eigenvalue weighted by atomic mass is 9.95. The first-order chi connectivity index (χ1) is 22.6. The Morgan fingerprint density at radius 3 is 1.88 bits per heavy atom. The van der Waals surface area contributed by atoms with E-state index in [0.717, 1.165) is 6.42 Å². The fourth-order valence-corrected chi connectivity index (χ4v) is 6.36. The number of piperidine rings is 1. The number of carbonyl (C=O) groups excluding carboxylic acids is 6. The first-order valence-electron chi connectivity index (χ1n) is 17.5. The van der Waals surface area contributed by atoms with Crippen molar-refractivity contribution in [2.24, 2.45) is 23.7 Å². The van der Waals surface area contributed by atoms with Gasteiger partial charge in [-0.05, 0) is 61.5 Å². The van der Waals surface area contributed by atoms with Gasteiger partial charge in [0.25, 0.3) is 5.91 Å². The Balaban J connectivity index is 2.17. The molecule has 2 heterocycles. The number of rotatable bonds is 6. The van der Waals surface area contributed by atoms with Crippen molar-refractivity contribution in [3.8, 4) is 0 Å². The summed E-state index contributed by atoms with van der Waals surface area (Å²) in [5.41, 5.74) is 0.493. The van der Waals surface area contributed by atoms with Gasteiger partial charge in [0.05, 0.1) is 11.3 Å². The van der Waals surface area contributed by atoms with Crippen LogP contribution in [-0.2, 0) is 24.0 Å². The van der Waals surface area contributed by atoms with E-state index in [4.69, 9.17) is 0 Å². The highest BCUT2D eigenvalue weighted by atomic mass is 16.2. The standard InChI is InChI=1S/C36H56N6O6/c1-10-23(8)30-34(46)37-25-16-12-11-15-24(25)35(47)42-18-14-13-17-26(42)36(48)41(9)27(19-20(2)3)31(43)38-28(21(4)5)32(44)39-29(22(6)7)33(45)40-30/h11-12,15-16,20-23,26-30H,10,13-14,17-19H2,1-9H3,(H,37,46)(H,38,43)(H,39,44)(H,40,45)/t23-,26-,27?,28?,29-,30?/m0/s1. The van der Waals surface area contributed by atoms with Crippen molar-refractivity contribution in [1.82, 2.24) is 25.8 Å². The zero-order chi connectivity index (χ0) is 35.9. The zero-order valence-electron chi connectivity index (χ0n) is 30.1.